The average molecular weight is 384 g/mol. The summed E-state index contributed by atoms with van der Waals surface area (Å²) in [7, 11) is 0. The number of amides is 3. The Morgan fingerprint density at radius 2 is 2.04 bits per heavy atom. The van der Waals surface area contributed by atoms with Crippen LogP contribution in [0.25, 0.3) is 0 Å². The number of ether oxygens (including phenoxy) is 1. The van der Waals surface area contributed by atoms with Crippen LogP contribution in [0.2, 0.25) is 0 Å². The first kappa shape index (κ1) is 19.1. The lowest BCUT2D eigenvalue weighted by molar-refractivity contribution is -0.136. The molecule has 1 aromatic rings. The Hall–Kier alpha value is -2.21. The zero-order valence-corrected chi connectivity index (χ0v) is 16.4. The van der Waals surface area contributed by atoms with Crippen LogP contribution < -0.4 is 5.32 Å². The number of carbonyl (C=O) groups excluding carboxylic acids is 3. The van der Waals surface area contributed by atoms with Gasteiger partial charge in [-0.3, -0.25) is 19.7 Å². The summed E-state index contributed by atoms with van der Waals surface area (Å²) in [5.74, 6) is -0.0961. The summed E-state index contributed by atoms with van der Waals surface area (Å²) in [4.78, 5) is 37.9. The number of nitrogens with zero attached hydrogens (tertiary/aromatic N) is 1. The molecule has 0 saturated carbocycles. The van der Waals surface area contributed by atoms with Crippen molar-refractivity contribution < 1.29 is 19.1 Å². The van der Waals surface area contributed by atoms with Crippen molar-refractivity contribution in [3.8, 4) is 0 Å². The third kappa shape index (κ3) is 3.70. The number of nitrogens with one attached hydrogen (secondary N) is 1. The fourth-order valence-electron chi connectivity index (χ4n) is 4.58. The molecule has 2 saturated heterocycles. The Morgan fingerprint density at radius 1 is 1.18 bits per heavy atom. The molecule has 3 aliphatic rings. The van der Waals surface area contributed by atoms with Gasteiger partial charge in [0.05, 0.1) is 12.7 Å². The Balaban J connectivity index is 1.43. The fraction of sp³-hybridized carbons (Fsp3) is 0.591. The van der Waals surface area contributed by atoms with E-state index in [0.29, 0.717) is 24.4 Å². The van der Waals surface area contributed by atoms with E-state index in [-0.39, 0.29) is 30.2 Å². The molecule has 0 aromatic heterocycles. The summed E-state index contributed by atoms with van der Waals surface area (Å²) in [6.45, 7) is 3.44. The van der Waals surface area contributed by atoms with Crippen molar-refractivity contribution in [2.75, 3.05) is 6.61 Å². The number of fused-ring (bicyclic) bond motifs is 1. The van der Waals surface area contributed by atoms with Crippen molar-refractivity contribution in [2.24, 2.45) is 5.92 Å². The molecule has 0 radical (unpaired) electrons. The summed E-state index contributed by atoms with van der Waals surface area (Å²) < 4.78 is 6.13. The number of piperidine rings is 1. The maximum Gasteiger partial charge on any atom is 0.255 e. The standard InChI is InChI=1S/C22H28N2O4/c1-2-3-4-14-5-9-19(28-13-14)15-6-7-17-16(11-15)12-24(22(17)27)18-8-10-20(25)23-21(18)26/h6-7,11,14,18-19H,2-5,8-10,12-13H2,1H3,(H,23,25,26). The van der Waals surface area contributed by atoms with E-state index in [2.05, 4.69) is 18.3 Å². The number of hydrogen-bond acceptors (Lipinski definition) is 4. The SMILES string of the molecule is CCCCC1CCC(c2ccc3c(c2)CN(C2CCC(=O)NC2=O)C3=O)OC1. The minimum atomic E-state index is -0.564. The van der Waals surface area contributed by atoms with Gasteiger partial charge >= 0.3 is 0 Å². The predicted molar refractivity (Wildman–Crippen MR) is 103 cm³/mol. The molecule has 1 N–H and O–H groups in total. The molecule has 3 unspecified atom stereocenters. The van der Waals surface area contributed by atoms with E-state index in [4.69, 9.17) is 4.74 Å². The molecule has 150 valence electrons. The highest BCUT2D eigenvalue weighted by Gasteiger charge is 2.39. The Bertz CT molecular complexity index is 783. The maximum atomic E-state index is 12.8. The molecule has 3 amide bonds. The van der Waals surface area contributed by atoms with E-state index in [1.54, 1.807) is 4.90 Å². The highest BCUT2D eigenvalue weighted by molar-refractivity contribution is 6.05. The van der Waals surface area contributed by atoms with Crippen molar-refractivity contribution in [1.29, 1.82) is 0 Å². The van der Waals surface area contributed by atoms with Crippen molar-refractivity contribution in [3.05, 3.63) is 34.9 Å². The van der Waals surface area contributed by atoms with Crippen LogP contribution in [0.15, 0.2) is 18.2 Å². The fourth-order valence-corrected chi connectivity index (χ4v) is 4.58. The minimum Gasteiger partial charge on any atom is -0.373 e. The van der Waals surface area contributed by atoms with E-state index in [0.717, 1.165) is 24.2 Å². The summed E-state index contributed by atoms with van der Waals surface area (Å²) in [5.41, 5.74) is 2.72. The molecule has 0 spiro atoms. The smallest absolute Gasteiger partial charge is 0.255 e. The van der Waals surface area contributed by atoms with Crippen LogP contribution in [0, 0.1) is 5.92 Å². The molecule has 6 nitrogen and oxygen atoms in total. The van der Waals surface area contributed by atoms with E-state index in [1.807, 2.05) is 12.1 Å². The number of imide groups is 1. The molecule has 1 aromatic carbocycles. The highest BCUT2D eigenvalue weighted by Crippen LogP contribution is 2.35. The number of unbranched alkanes of at least 4 members (excludes halogenated alkanes) is 1. The topological polar surface area (TPSA) is 75.7 Å². The second-order valence-corrected chi connectivity index (χ2v) is 8.22. The van der Waals surface area contributed by atoms with Gasteiger partial charge in [0.2, 0.25) is 11.8 Å². The predicted octanol–water partition coefficient (Wildman–Crippen LogP) is 3.11. The van der Waals surface area contributed by atoms with Gasteiger partial charge in [0.1, 0.15) is 6.04 Å². The number of benzene rings is 1. The molecule has 0 aliphatic carbocycles. The first-order valence-electron chi connectivity index (χ1n) is 10.5. The summed E-state index contributed by atoms with van der Waals surface area (Å²) in [5, 5.41) is 2.34. The average Bonchev–Trinajstić information content (AvgIpc) is 3.02. The molecule has 6 heteroatoms. The van der Waals surface area contributed by atoms with Crippen molar-refractivity contribution in [3.63, 3.8) is 0 Å². The Morgan fingerprint density at radius 3 is 2.75 bits per heavy atom. The molecule has 4 rings (SSSR count). The van der Waals surface area contributed by atoms with Crippen LogP contribution in [0.4, 0.5) is 0 Å². The summed E-state index contributed by atoms with van der Waals surface area (Å²) >= 11 is 0. The zero-order chi connectivity index (χ0) is 19.7. The third-order valence-corrected chi connectivity index (χ3v) is 6.26. The Labute approximate surface area is 165 Å². The number of hydrogen-bond donors (Lipinski definition) is 1. The monoisotopic (exact) mass is 384 g/mol. The second kappa shape index (κ2) is 8.03. The zero-order valence-electron chi connectivity index (χ0n) is 16.4. The van der Waals surface area contributed by atoms with Gasteiger partial charge in [-0.15, -0.1) is 0 Å². The minimum absolute atomic E-state index is 0.0860. The third-order valence-electron chi connectivity index (χ3n) is 6.26. The summed E-state index contributed by atoms with van der Waals surface area (Å²) in [6, 6.07) is 5.36. The molecule has 3 atom stereocenters. The van der Waals surface area contributed by atoms with E-state index in [1.165, 1.54) is 25.7 Å². The van der Waals surface area contributed by atoms with Gasteiger partial charge in [0, 0.05) is 18.5 Å². The van der Waals surface area contributed by atoms with Gasteiger partial charge in [0.25, 0.3) is 5.91 Å². The second-order valence-electron chi connectivity index (χ2n) is 8.22. The lowest BCUT2D eigenvalue weighted by Gasteiger charge is -2.29. The van der Waals surface area contributed by atoms with Crippen LogP contribution in [0.3, 0.4) is 0 Å². The van der Waals surface area contributed by atoms with Gasteiger partial charge < -0.3 is 9.64 Å². The number of rotatable bonds is 5. The van der Waals surface area contributed by atoms with Gasteiger partial charge in [-0.25, -0.2) is 0 Å². The van der Waals surface area contributed by atoms with E-state index in [9.17, 15) is 14.4 Å². The lowest BCUT2D eigenvalue weighted by Crippen LogP contribution is -2.52. The molecule has 2 fully saturated rings. The highest BCUT2D eigenvalue weighted by atomic mass is 16.5. The molecule has 3 aliphatic heterocycles. The van der Waals surface area contributed by atoms with E-state index < -0.39 is 6.04 Å². The van der Waals surface area contributed by atoms with Crippen LogP contribution >= 0.6 is 0 Å². The van der Waals surface area contributed by atoms with Gasteiger partial charge in [0.15, 0.2) is 0 Å². The summed E-state index contributed by atoms with van der Waals surface area (Å²) in [6.07, 6.45) is 6.67. The van der Waals surface area contributed by atoms with Crippen LogP contribution in [-0.4, -0.2) is 35.3 Å². The quantitative estimate of drug-likeness (QED) is 0.792. The maximum absolute atomic E-state index is 12.8. The lowest BCUT2D eigenvalue weighted by atomic mass is 9.90. The normalized spacial score (nSPS) is 27.7. The first-order chi connectivity index (χ1) is 13.6. The van der Waals surface area contributed by atoms with Crippen molar-refractivity contribution >= 4 is 17.7 Å². The van der Waals surface area contributed by atoms with Crippen molar-refractivity contribution in [1.82, 2.24) is 10.2 Å². The molecule has 0 bridgehead atoms. The van der Waals surface area contributed by atoms with E-state index >= 15 is 0 Å². The van der Waals surface area contributed by atoms with Gasteiger partial charge in [-0.05, 0) is 48.8 Å². The largest absolute Gasteiger partial charge is 0.373 e. The molecular formula is C22H28N2O4. The Kier molecular flexibility index (Phi) is 5.49. The molecule has 3 heterocycles. The van der Waals surface area contributed by atoms with Gasteiger partial charge in [-0.2, -0.15) is 0 Å². The van der Waals surface area contributed by atoms with Crippen LogP contribution in [0.5, 0.6) is 0 Å². The molecule has 28 heavy (non-hydrogen) atoms. The van der Waals surface area contributed by atoms with Gasteiger partial charge in [-0.1, -0.05) is 31.9 Å². The first-order valence-corrected chi connectivity index (χ1v) is 10.5. The van der Waals surface area contributed by atoms with Crippen LogP contribution in [0.1, 0.15) is 79.5 Å². The van der Waals surface area contributed by atoms with Crippen molar-refractivity contribution in [2.45, 2.75) is 70.6 Å². The molecular weight excluding hydrogens is 356 g/mol. The van der Waals surface area contributed by atoms with Crippen LogP contribution in [-0.2, 0) is 20.9 Å². The number of carbonyl (C=O) groups is 3.